The molecule has 3 heterocycles. The highest BCUT2D eigenvalue weighted by molar-refractivity contribution is 7.45. The van der Waals surface area contributed by atoms with E-state index >= 15 is 0 Å². The van der Waals surface area contributed by atoms with Crippen molar-refractivity contribution in [2.24, 2.45) is 0 Å². The molecule has 2 fully saturated rings. The molecule has 11 heteroatoms. The van der Waals surface area contributed by atoms with Crippen LogP contribution in [0.2, 0.25) is 5.28 Å². The molecule has 2 unspecified atom stereocenters. The van der Waals surface area contributed by atoms with Crippen LogP contribution in [0, 0.1) is 0 Å². The minimum absolute atomic E-state index is 0.129. The lowest BCUT2D eigenvalue weighted by atomic mass is 10.1. The summed E-state index contributed by atoms with van der Waals surface area (Å²) in [5.74, 6) is 0.0187. The second kappa shape index (κ2) is 10.0. The van der Waals surface area contributed by atoms with Crippen molar-refractivity contribution in [3.8, 4) is 0 Å². The molecule has 9 nitrogen and oxygen atoms in total. The van der Waals surface area contributed by atoms with Gasteiger partial charge in [-0.15, -0.1) is 5.10 Å². The van der Waals surface area contributed by atoms with Gasteiger partial charge in [-0.25, -0.2) is 4.52 Å². The minimum atomic E-state index is -2.22. The van der Waals surface area contributed by atoms with Gasteiger partial charge < -0.3 is 29.3 Å². The Hall–Kier alpha value is -1.06. The van der Waals surface area contributed by atoms with E-state index in [0.717, 1.165) is 42.7 Å². The van der Waals surface area contributed by atoms with E-state index in [9.17, 15) is 9.79 Å². The molecule has 3 N–H and O–H groups in total. The quantitative estimate of drug-likeness (QED) is 0.491. The predicted octanol–water partition coefficient (Wildman–Crippen LogP) is 3.24. The summed E-state index contributed by atoms with van der Waals surface area (Å²) in [6, 6.07) is 4.42. The summed E-state index contributed by atoms with van der Waals surface area (Å²) in [5, 5.41) is 8.11. The summed E-state index contributed by atoms with van der Waals surface area (Å²) in [6.45, 7) is 0.405. The van der Waals surface area contributed by atoms with Gasteiger partial charge in [-0.3, -0.25) is 0 Å². The van der Waals surface area contributed by atoms with Gasteiger partial charge in [0.1, 0.15) is 17.5 Å². The molecule has 2 aromatic rings. The van der Waals surface area contributed by atoms with Crippen molar-refractivity contribution in [2.45, 2.75) is 62.6 Å². The van der Waals surface area contributed by atoms with Crippen molar-refractivity contribution in [1.29, 1.82) is 0 Å². The number of rotatable bonds is 9. The Morgan fingerprint density at radius 3 is 2.83 bits per heavy atom. The van der Waals surface area contributed by atoms with Gasteiger partial charge in [0.25, 0.3) is 0 Å². The number of nitrogens with one attached hydrogen (secondary N) is 1. The van der Waals surface area contributed by atoms with E-state index in [1.807, 2.05) is 16.6 Å². The van der Waals surface area contributed by atoms with E-state index < -0.39 is 14.2 Å². The molecule has 0 spiro atoms. The van der Waals surface area contributed by atoms with Crippen molar-refractivity contribution >= 4 is 31.3 Å². The van der Waals surface area contributed by atoms with Gasteiger partial charge >= 0.3 is 0 Å². The maximum atomic E-state index is 9.43. The van der Waals surface area contributed by atoms with E-state index in [1.165, 1.54) is 20.0 Å². The highest BCUT2D eigenvalue weighted by atomic mass is 35.5. The van der Waals surface area contributed by atoms with Gasteiger partial charge in [0, 0.05) is 13.2 Å². The first kappa shape index (κ1) is 22.1. The number of fused-ring (bicyclic) bond motifs is 1. The van der Waals surface area contributed by atoms with E-state index in [-0.39, 0.29) is 30.7 Å². The van der Waals surface area contributed by atoms with Crippen LogP contribution in [0.3, 0.4) is 0 Å². The van der Waals surface area contributed by atoms with Crippen LogP contribution >= 0.6 is 20.0 Å². The summed E-state index contributed by atoms with van der Waals surface area (Å²) < 4.78 is 18.6. The molecule has 30 heavy (non-hydrogen) atoms. The number of ether oxygens (including phenoxy) is 3. The summed E-state index contributed by atoms with van der Waals surface area (Å²) >= 11 is 6.22. The molecule has 0 bridgehead atoms. The second-order valence-electron chi connectivity index (χ2n) is 7.80. The first-order chi connectivity index (χ1) is 14.5. The Morgan fingerprint density at radius 1 is 1.30 bits per heavy atom. The van der Waals surface area contributed by atoms with Gasteiger partial charge in [0.15, 0.2) is 14.2 Å². The Balaban J connectivity index is 1.44. The van der Waals surface area contributed by atoms with Crippen LogP contribution in [0.1, 0.15) is 50.3 Å². The Morgan fingerprint density at radius 2 is 2.10 bits per heavy atom. The average Bonchev–Trinajstić information content (AvgIpc) is 3.45. The maximum Gasteiger partial charge on any atom is 0.243 e. The van der Waals surface area contributed by atoms with Crippen LogP contribution < -0.4 is 5.32 Å². The van der Waals surface area contributed by atoms with E-state index in [2.05, 4.69) is 15.4 Å². The number of nitrogens with zero attached hydrogens (tertiary/aromatic N) is 3. The zero-order valence-corrected chi connectivity index (χ0v) is 18.6. The van der Waals surface area contributed by atoms with Crippen LogP contribution in [0.15, 0.2) is 12.1 Å². The zero-order valence-electron chi connectivity index (χ0n) is 16.9. The molecule has 0 radical (unpaired) electrons. The number of halogens is 1. The fourth-order valence-electron chi connectivity index (χ4n) is 4.19. The van der Waals surface area contributed by atoms with Crippen LogP contribution in [0.25, 0.3) is 5.52 Å². The third-order valence-electron chi connectivity index (χ3n) is 5.69. The third-order valence-corrected chi connectivity index (χ3v) is 6.66. The molecule has 1 saturated carbocycles. The SMILES string of the molecule is COC[C@H](OCC1CCC(c2ccc3c(NC4CCCC4)nc(Cl)nn23)O1)P(O)O. The lowest BCUT2D eigenvalue weighted by Crippen LogP contribution is -2.24. The molecule has 1 saturated heterocycles. The maximum absolute atomic E-state index is 9.43. The number of aromatic nitrogens is 3. The molecular formula is C19H28ClN4O5P. The number of anilines is 1. The van der Waals surface area contributed by atoms with Crippen LogP contribution in [-0.4, -0.2) is 62.7 Å². The largest absolute Gasteiger partial charge is 0.381 e. The molecule has 0 aromatic carbocycles. The normalized spacial score (nSPS) is 23.6. The molecule has 1 aliphatic carbocycles. The topological polar surface area (TPSA) is 110 Å². The molecule has 3 atom stereocenters. The van der Waals surface area contributed by atoms with Crippen molar-refractivity contribution < 1.29 is 24.0 Å². The summed E-state index contributed by atoms with van der Waals surface area (Å²) in [7, 11) is -0.722. The molecule has 166 valence electrons. The monoisotopic (exact) mass is 458 g/mol. The Kier molecular flexibility index (Phi) is 7.41. The number of hydrogen-bond acceptors (Lipinski definition) is 8. The summed E-state index contributed by atoms with van der Waals surface area (Å²) in [6.07, 6.45) is 6.09. The van der Waals surface area contributed by atoms with Gasteiger partial charge in [-0.05, 0) is 49.4 Å². The van der Waals surface area contributed by atoms with E-state index in [0.29, 0.717) is 6.04 Å². The highest BCUT2D eigenvalue weighted by Gasteiger charge is 2.31. The van der Waals surface area contributed by atoms with E-state index in [1.54, 1.807) is 0 Å². The van der Waals surface area contributed by atoms with Gasteiger partial charge in [-0.1, -0.05) is 12.8 Å². The van der Waals surface area contributed by atoms with E-state index in [4.69, 9.17) is 25.8 Å². The van der Waals surface area contributed by atoms with Crippen LogP contribution in [0.4, 0.5) is 5.82 Å². The molecule has 2 aliphatic rings. The minimum Gasteiger partial charge on any atom is -0.381 e. The zero-order chi connectivity index (χ0) is 21.1. The third kappa shape index (κ3) is 5.05. The average molecular weight is 459 g/mol. The second-order valence-corrected chi connectivity index (χ2v) is 9.35. The molecule has 0 amide bonds. The fraction of sp³-hybridized carbons (Fsp3) is 0.684. The standard InChI is InChI=1S/C19H28ClN4O5P/c1-27-11-17(30(25)26)28-10-13-6-9-16(29-13)14-7-8-15-18(21-12-4-2-3-5-12)22-19(20)23-24(14)15/h7-8,12-13,16-17,25-26H,2-6,9-11H2,1H3,(H,21,22,23)/t13?,16?,17-/m1/s1. The fourth-order valence-corrected chi connectivity index (χ4v) is 4.85. The molecular weight excluding hydrogens is 431 g/mol. The van der Waals surface area contributed by atoms with Gasteiger partial charge in [-0.2, -0.15) is 4.98 Å². The Labute approximate surface area is 181 Å². The summed E-state index contributed by atoms with van der Waals surface area (Å²) in [4.78, 5) is 23.3. The first-order valence-corrected chi connectivity index (χ1v) is 12.0. The smallest absolute Gasteiger partial charge is 0.243 e. The molecule has 2 aromatic heterocycles. The highest BCUT2D eigenvalue weighted by Crippen LogP contribution is 2.37. The lowest BCUT2D eigenvalue weighted by molar-refractivity contribution is -0.0413. The number of hydrogen-bond donors (Lipinski definition) is 3. The predicted molar refractivity (Wildman–Crippen MR) is 114 cm³/mol. The molecule has 4 rings (SSSR count). The van der Waals surface area contributed by atoms with Crippen molar-refractivity contribution in [1.82, 2.24) is 14.6 Å². The van der Waals surface area contributed by atoms with Crippen molar-refractivity contribution in [2.75, 3.05) is 25.6 Å². The first-order valence-electron chi connectivity index (χ1n) is 10.3. The van der Waals surface area contributed by atoms with Gasteiger partial charge in [0.05, 0.1) is 25.0 Å². The van der Waals surface area contributed by atoms with Gasteiger partial charge in [0.2, 0.25) is 5.28 Å². The number of methoxy groups -OCH3 is 1. The van der Waals surface area contributed by atoms with Crippen LogP contribution in [0.5, 0.6) is 0 Å². The van der Waals surface area contributed by atoms with Crippen molar-refractivity contribution in [3.05, 3.63) is 23.1 Å². The van der Waals surface area contributed by atoms with Crippen molar-refractivity contribution in [3.63, 3.8) is 0 Å². The summed E-state index contributed by atoms with van der Waals surface area (Å²) in [5.41, 5.74) is 1.81. The Bertz CT molecular complexity index is 848. The molecule has 1 aliphatic heterocycles. The van der Waals surface area contributed by atoms with Crippen LogP contribution in [-0.2, 0) is 14.2 Å². The lowest BCUT2D eigenvalue weighted by Gasteiger charge is -2.20.